The molecular formula is C21H22N4O3. The molecule has 3 aromatic rings. The van der Waals surface area contributed by atoms with Crippen molar-refractivity contribution < 1.29 is 14.7 Å². The highest BCUT2D eigenvalue weighted by Crippen LogP contribution is 2.29. The lowest BCUT2D eigenvalue weighted by molar-refractivity contribution is -0.142. The van der Waals surface area contributed by atoms with E-state index in [1.54, 1.807) is 21.8 Å². The molecule has 1 N–H and O–H groups in total. The minimum absolute atomic E-state index is 0.0780. The maximum atomic E-state index is 13.3. The molecule has 7 nitrogen and oxygen atoms in total. The maximum absolute atomic E-state index is 13.3. The summed E-state index contributed by atoms with van der Waals surface area (Å²) in [5.74, 6) is -1.64. The molecule has 2 atom stereocenters. The molecule has 3 heterocycles. The highest BCUT2D eigenvalue weighted by Gasteiger charge is 2.37. The monoisotopic (exact) mass is 378 g/mol. The second-order valence-electron chi connectivity index (χ2n) is 7.25. The van der Waals surface area contributed by atoms with Crippen molar-refractivity contribution >= 4 is 22.9 Å². The van der Waals surface area contributed by atoms with Gasteiger partial charge in [0.25, 0.3) is 5.91 Å². The molecule has 1 amide bonds. The molecule has 0 aliphatic carbocycles. The van der Waals surface area contributed by atoms with Crippen LogP contribution in [0.3, 0.4) is 0 Å². The second kappa shape index (κ2) is 7.07. The zero-order valence-electron chi connectivity index (χ0n) is 15.9. The number of fused-ring (bicyclic) bond motifs is 1. The summed E-state index contributed by atoms with van der Waals surface area (Å²) in [6.07, 6.45) is 1.67. The number of aliphatic carboxylic acids is 1. The smallest absolute Gasteiger partial charge is 0.308 e. The number of benzene rings is 1. The summed E-state index contributed by atoms with van der Waals surface area (Å²) >= 11 is 0. The molecule has 1 aliphatic heterocycles. The van der Waals surface area contributed by atoms with Gasteiger partial charge in [0, 0.05) is 25.2 Å². The number of amides is 1. The fraction of sp³-hybridized carbons (Fsp3) is 0.333. The van der Waals surface area contributed by atoms with E-state index in [4.69, 9.17) is 4.98 Å². The van der Waals surface area contributed by atoms with Gasteiger partial charge in [-0.2, -0.15) is 5.10 Å². The van der Waals surface area contributed by atoms with E-state index in [0.29, 0.717) is 35.4 Å². The minimum Gasteiger partial charge on any atom is -0.481 e. The first-order valence-electron chi connectivity index (χ1n) is 9.43. The van der Waals surface area contributed by atoms with Gasteiger partial charge in [0.15, 0.2) is 5.65 Å². The number of carboxylic acid groups (broad SMARTS) is 1. The Balaban J connectivity index is 1.81. The Morgan fingerprint density at radius 1 is 1.21 bits per heavy atom. The number of carboxylic acids is 1. The van der Waals surface area contributed by atoms with Crippen LogP contribution in [0.25, 0.3) is 22.3 Å². The van der Waals surface area contributed by atoms with Crippen LogP contribution >= 0.6 is 0 Å². The van der Waals surface area contributed by atoms with Crippen LogP contribution in [-0.2, 0) is 11.3 Å². The molecule has 0 unspecified atom stereocenters. The number of pyridine rings is 1. The molecule has 2 aromatic heterocycles. The van der Waals surface area contributed by atoms with Crippen molar-refractivity contribution in [1.82, 2.24) is 19.7 Å². The quantitative estimate of drug-likeness (QED) is 0.754. The van der Waals surface area contributed by atoms with Crippen molar-refractivity contribution in [3.8, 4) is 11.3 Å². The number of aromatic nitrogens is 3. The van der Waals surface area contributed by atoms with Gasteiger partial charge in [0.1, 0.15) is 0 Å². The highest BCUT2D eigenvalue weighted by molar-refractivity contribution is 6.06. The van der Waals surface area contributed by atoms with Gasteiger partial charge < -0.3 is 10.0 Å². The first-order chi connectivity index (χ1) is 13.5. The van der Waals surface area contributed by atoms with E-state index in [-0.39, 0.29) is 18.4 Å². The molecule has 1 aliphatic rings. The largest absolute Gasteiger partial charge is 0.481 e. The van der Waals surface area contributed by atoms with Crippen molar-refractivity contribution in [2.24, 2.45) is 11.8 Å². The van der Waals surface area contributed by atoms with E-state index in [1.165, 1.54) is 0 Å². The van der Waals surface area contributed by atoms with Crippen molar-refractivity contribution in [2.75, 3.05) is 13.1 Å². The molecule has 1 fully saturated rings. The van der Waals surface area contributed by atoms with Crippen LogP contribution < -0.4 is 0 Å². The standard InChI is InChI=1S/C21H22N4O3/c1-3-25-19-16(10-22-25)15(9-18(23-19)14-7-5-4-6-8-14)20(26)24-11-13(2)17(12-24)21(27)28/h4-10,13,17H,3,11-12H2,1-2H3,(H,27,28)/t13-,17-/m1/s1. The van der Waals surface area contributed by atoms with Gasteiger partial charge in [-0.15, -0.1) is 0 Å². The van der Waals surface area contributed by atoms with E-state index in [9.17, 15) is 14.7 Å². The van der Waals surface area contributed by atoms with Crippen LogP contribution in [0.5, 0.6) is 0 Å². The van der Waals surface area contributed by atoms with Crippen molar-refractivity contribution in [1.29, 1.82) is 0 Å². The fourth-order valence-corrected chi connectivity index (χ4v) is 3.84. The topological polar surface area (TPSA) is 88.3 Å². The van der Waals surface area contributed by atoms with Gasteiger partial charge in [-0.25, -0.2) is 9.67 Å². The molecule has 4 rings (SSSR count). The van der Waals surface area contributed by atoms with Crippen LogP contribution in [0, 0.1) is 11.8 Å². The molecule has 28 heavy (non-hydrogen) atoms. The lowest BCUT2D eigenvalue weighted by atomic mass is 9.99. The Kier molecular flexibility index (Phi) is 4.58. The predicted molar refractivity (Wildman–Crippen MR) is 105 cm³/mol. The summed E-state index contributed by atoms with van der Waals surface area (Å²) in [7, 11) is 0. The van der Waals surface area contributed by atoms with Crippen LogP contribution in [0.15, 0.2) is 42.6 Å². The van der Waals surface area contributed by atoms with Crippen LogP contribution in [-0.4, -0.2) is 49.7 Å². The minimum atomic E-state index is -0.855. The molecule has 1 aromatic carbocycles. The third kappa shape index (κ3) is 3.02. The predicted octanol–water partition coefficient (Wildman–Crippen LogP) is 2.91. The first kappa shape index (κ1) is 18.2. The average molecular weight is 378 g/mol. The van der Waals surface area contributed by atoms with E-state index < -0.39 is 11.9 Å². The molecule has 0 radical (unpaired) electrons. The molecule has 1 saturated heterocycles. The number of rotatable bonds is 4. The Morgan fingerprint density at radius 2 is 1.96 bits per heavy atom. The number of hydrogen-bond acceptors (Lipinski definition) is 4. The van der Waals surface area contributed by atoms with E-state index in [0.717, 1.165) is 5.56 Å². The molecular weight excluding hydrogens is 356 g/mol. The van der Waals surface area contributed by atoms with Gasteiger partial charge in [0.05, 0.1) is 28.8 Å². The summed E-state index contributed by atoms with van der Waals surface area (Å²) in [6.45, 7) is 5.15. The van der Waals surface area contributed by atoms with Crippen molar-refractivity contribution in [3.63, 3.8) is 0 Å². The van der Waals surface area contributed by atoms with Gasteiger partial charge in [-0.1, -0.05) is 37.3 Å². The lowest BCUT2D eigenvalue weighted by Crippen LogP contribution is -2.30. The third-order valence-electron chi connectivity index (χ3n) is 5.43. The number of nitrogens with zero attached hydrogens (tertiary/aromatic N) is 4. The SMILES string of the molecule is CCn1ncc2c(C(=O)N3C[C@@H](C)[C@H](C(=O)O)C3)cc(-c3ccccc3)nc21. The molecule has 0 saturated carbocycles. The normalized spacial score (nSPS) is 19.3. The Morgan fingerprint density at radius 3 is 2.61 bits per heavy atom. The zero-order chi connectivity index (χ0) is 19.8. The van der Waals surface area contributed by atoms with Gasteiger partial charge in [-0.3, -0.25) is 9.59 Å². The van der Waals surface area contributed by atoms with Gasteiger partial charge >= 0.3 is 5.97 Å². The maximum Gasteiger partial charge on any atom is 0.308 e. The van der Waals surface area contributed by atoms with Crippen LogP contribution in [0.1, 0.15) is 24.2 Å². The van der Waals surface area contributed by atoms with E-state index >= 15 is 0 Å². The highest BCUT2D eigenvalue weighted by atomic mass is 16.4. The molecule has 0 bridgehead atoms. The third-order valence-corrected chi connectivity index (χ3v) is 5.43. The lowest BCUT2D eigenvalue weighted by Gasteiger charge is -2.17. The summed E-state index contributed by atoms with van der Waals surface area (Å²) in [6, 6.07) is 11.5. The zero-order valence-corrected chi connectivity index (χ0v) is 15.9. The van der Waals surface area contributed by atoms with Crippen LogP contribution in [0.2, 0.25) is 0 Å². The molecule has 7 heteroatoms. The van der Waals surface area contributed by atoms with E-state index in [2.05, 4.69) is 5.10 Å². The fourth-order valence-electron chi connectivity index (χ4n) is 3.84. The van der Waals surface area contributed by atoms with Crippen LogP contribution in [0.4, 0.5) is 0 Å². The Hall–Kier alpha value is -3.22. The molecule has 144 valence electrons. The number of aryl methyl sites for hydroxylation is 1. The molecule has 0 spiro atoms. The number of carbonyl (C=O) groups excluding carboxylic acids is 1. The summed E-state index contributed by atoms with van der Waals surface area (Å²) in [5, 5.41) is 14.5. The summed E-state index contributed by atoms with van der Waals surface area (Å²) < 4.78 is 1.77. The average Bonchev–Trinajstić information content (AvgIpc) is 3.30. The van der Waals surface area contributed by atoms with Gasteiger partial charge in [-0.05, 0) is 18.9 Å². The summed E-state index contributed by atoms with van der Waals surface area (Å²) in [4.78, 5) is 31.1. The van der Waals surface area contributed by atoms with Crippen molar-refractivity contribution in [3.05, 3.63) is 48.2 Å². The first-order valence-corrected chi connectivity index (χ1v) is 9.43. The number of carbonyl (C=O) groups is 2. The number of hydrogen-bond donors (Lipinski definition) is 1. The summed E-state index contributed by atoms with van der Waals surface area (Å²) in [5.41, 5.74) is 2.80. The van der Waals surface area contributed by atoms with Gasteiger partial charge in [0.2, 0.25) is 0 Å². The number of likely N-dealkylation sites (tertiary alicyclic amines) is 1. The Bertz CT molecular complexity index is 1040. The van der Waals surface area contributed by atoms with E-state index in [1.807, 2.05) is 44.2 Å². The second-order valence-corrected chi connectivity index (χ2v) is 7.25. The van der Waals surface area contributed by atoms with Crippen molar-refractivity contribution in [2.45, 2.75) is 20.4 Å². The Labute approximate surface area is 162 Å².